The van der Waals surface area contributed by atoms with Crippen molar-refractivity contribution in [3.8, 4) is 0 Å². The van der Waals surface area contributed by atoms with Crippen molar-refractivity contribution in [2.45, 2.75) is 18.7 Å². The number of likely N-dealkylation sites (N-methyl/N-ethyl adjacent to an activating group) is 1. The minimum atomic E-state index is -0.0138. The van der Waals surface area contributed by atoms with Crippen molar-refractivity contribution in [2.24, 2.45) is 4.99 Å². The second kappa shape index (κ2) is 8.03. The van der Waals surface area contributed by atoms with E-state index in [0.29, 0.717) is 32.4 Å². The van der Waals surface area contributed by atoms with Crippen molar-refractivity contribution >= 4 is 69.2 Å². The molecule has 144 valence electrons. The molecular weight excluding hydrogens is 433 g/mol. The van der Waals surface area contributed by atoms with Crippen molar-refractivity contribution < 1.29 is 4.79 Å². The molecule has 0 radical (unpaired) electrons. The molecule has 0 bridgehead atoms. The van der Waals surface area contributed by atoms with Gasteiger partial charge in [-0.25, -0.2) is 4.99 Å². The van der Waals surface area contributed by atoms with E-state index in [-0.39, 0.29) is 5.91 Å². The number of anilines is 1. The number of carbonyl (C=O) groups is 1. The van der Waals surface area contributed by atoms with E-state index in [0.717, 1.165) is 22.2 Å². The molecule has 2 aliphatic rings. The van der Waals surface area contributed by atoms with Gasteiger partial charge in [0.25, 0.3) is 5.91 Å². The molecule has 1 fully saturated rings. The minimum absolute atomic E-state index is 0.0138. The second-order valence-corrected chi connectivity index (χ2v) is 8.92. The number of fused-ring (bicyclic) bond motifs is 1. The smallest absolute Gasteiger partial charge is 0.269 e. The van der Waals surface area contributed by atoms with Crippen LogP contribution in [0.25, 0.3) is 0 Å². The first-order valence-corrected chi connectivity index (χ1v) is 11.2. The summed E-state index contributed by atoms with van der Waals surface area (Å²) >= 11 is 15.2. The molecule has 0 spiro atoms. The van der Waals surface area contributed by atoms with Gasteiger partial charge in [-0.15, -0.1) is 0 Å². The highest BCUT2D eigenvalue weighted by Crippen LogP contribution is 2.50. The van der Waals surface area contributed by atoms with Gasteiger partial charge in [0.05, 0.1) is 21.4 Å². The number of hydrogen-bond acceptors (Lipinski definition) is 5. The summed E-state index contributed by atoms with van der Waals surface area (Å²) in [7, 11) is 0. The van der Waals surface area contributed by atoms with Crippen LogP contribution >= 0.6 is 46.7 Å². The van der Waals surface area contributed by atoms with Crippen LogP contribution in [-0.2, 0) is 4.79 Å². The molecule has 0 aliphatic carbocycles. The van der Waals surface area contributed by atoms with Crippen molar-refractivity contribution in [3.05, 3.63) is 62.4 Å². The average molecular weight is 450 g/mol. The number of benzene rings is 2. The van der Waals surface area contributed by atoms with E-state index >= 15 is 0 Å². The molecule has 28 heavy (non-hydrogen) atoms. The predicted molar refractivity (Wildman–Crippen MR) is 121 cm³/mol. The molecule has 2 aromatic rings. The number of amidine groups is 1. The monoisotopic (exact) mass is 449 g/mol. The number of para-hydroxylation sites is 1. The zero-order valence-electron chi connectivity index (χ0n) is 15.3. The summed E-state index contributed by atoms with van der Waals surface area (Å²) in [5.74, 6) is -0.0138. The van der Waals surface area contributed by atoms with Crippen LogP contribution in [0, 0.1) is 0 Å². The van der Waals surface area contributed by atoms with E-state index in [2.05, 4.69) is 28.9 Å². The quantitative estimate of drug-likeness (QED) is 0.509. The van der Waals surface area contributed by atoms with E-state index in [9.17, 15) is 4.79 Å². The molecular formula is C20H17Cl2N3OS2. The Bertz CT molecular complexity index is 1020. The third-order valence-electron chi connectivity index (χ3n) is 4.43. The maximum atomic E-state index is 13.1. The number of hydrogen-bond donors (Lipinski definition) is 0. The van der Waals surface area contributed by atoms with Crippen molar-refractivity contribution in [3.63, 3.8) is 0 Å². The van der Waals surface area contributed by atoms with Gasteiger partial charge in [-0.3, -0.25) is 9.69 Å². The zero-order valence-corrected chi connectivity index (χ0v) is 18.4. The Morgan fingerprint density at radius 3 is 2.43 bits per heavy atom. The van der Waals surface area contributed by atoms with Crippen molar-refractivity contribution in [1.82, 2.24) is 4.90 Å². The van der Waals surface area contributed by atoms with Crippen LogP contribution in [-0.4, -0.2) is 29.1 Å². The van der Waals surface area contributed by atoms with E-state index in [1.54, 1.807) is 34.9 Å². The summed E-state index contributed by atoms with van der Waals surface area (Å²) in [6, 6.07) is 13.4. The van der Waals surface area contributed by atoms with Crippen molar-refractivity contribution in [1.29, 1.82) is 0 Å². The van der Waals surface area contributed by atoms with Gasteiger partial charge < -0.3 is 4.90 Å². The molecule has 0 atom stereocenters. The first kappa shape index (κ1) is 19.7. The molecule has 4 rings (SSSR count). The molecule has 4 nitrogen and oxygen atoms in total. The third kappa shape index (κ3) is 3.43. The fraction of sp³-hybridized carbons (Fsp3) is 0.200. The average Bonchev–Trinajstić information content (AvgIpc) is 3.21. The standard InChI is InChI=1S/C20H17Cl2N3OS2/c1-3-24-15-7-5-6-8-16(15)27-19(24)17-18(26)25(4-2)20(28-17)23-12-9-10-13(21)14(22)11-12/h5-11H,3-4H2,1-2H3. The van der Waals surface area contributed by atoms with Crippen LogP contribution in [0.3, 0.4) is 0 Å². The number of nitrogens with zero attached hydrogens (tertiary/aromatic N) is 3. The maximum Gasteiger partial charge on any atom is 0.269 e. The van der Waals surface area contributed by atoms with Gasteiger partial charge in [0, 0.05) is 18.0 Å². The molecule has 0 saturated carbocycles. The number of halogens is 2. The van der Waals surface area contributed by atoms with Gasteiger partial charge in [-0.1, -0.05) is 47.1 Å². The molecule has 0 N–H and O–H groups in total. The highest BCUT2D eigenvalue weighted by Gasteiger charge is 2.38. The first-order chi connectivity index (χ1) is 13.5. The van der Waals surface area contributed by atoms with Crippen LogP contribution < -0.4 is 4.90 Å². The lowest BCUT2D eigenvalue weighted by molar-refractivity contribution is -0.122. The van der Waals surface area contributed by atoms with Crippen LogP contribution in [0.15, 0.2) is 62.3 Å². The van der Waals surface area contributed by atoms with Crippen LogP contribution in [0.4, 0.5) is 11.4 Å². The molecule has 2 aliphatic heterocycles. The normalized spacial score (nSPS) is 20.4. The van der Waals surface area contributed by atoms with Crippen LogP contribution in [0.5, 0.6) is 0 Å². The largest absolute Gasteiger partial charge is 0.334 e. The Kier molecular flexibility index (Phi) is 5.65. The van der Waals surface area contributed by atoms with Crippen LogP contribution in [0.1, 0.15) is 13.8 Å². The molecule has 8 heteroatoms. The summed E-state index contributed by atoms with van der Waals surface area (Å²) < 4.78 is 0. The van der Waals surface area contributed by atoms with E-state index in [4.69, 9.17) is 23.2 Å². The lowest BCUT2D eigenvalue weighted by Gasteiger charge is -2.19. The highest BCUT2D eigenvalue weighted by molar-refractivity contribution is 8.19. The summed E-state index contributed by atoms with van der Waals surface area (Å²) in [6.45, 7) is 5.38. The summed E-state index contributed by atoms with van der Waals surface area (Å²) in [5, 5.41) is 2.55. The number of thioether (sulfide) groups is 2. The molecule has 0 aromatic heterocycles. The van der Waals surface area contributed by atoms with Crippen LogP contribution in [0.2, 0.25) is 10.0 Å². The number of aliphatic imine (C=N–C) groups is 1. The Morgan fingerprint density at radius 1 is 0.964 bits per heavy atom. The Balaban J connectivity index is 1.74. The molecule has 2 heterocycles. The summed E-state index contributed by atoms with van der Waals surface area (Å²) in [6.07, 6.45) is 0. The maximum absolute atomic E-state index is 13.1. The number of amides is 1. The SMILES string of the molecule is CCN1C(=O)C(=C2Sc3ccccc3N2CC)SC1=Nc1ccc(Cl)c(Cl)c1. The molecule has 1 amide bonds. The fourth-order valence-corrected chi connectivity index (χ4v) is 5.83. The van der Waals surface area contributed by atoms with Gasteiger partial charge in [-0.2, -0.15) is 0 Å². The second-order valence-electron chi connectivity index (χ2n) is 6.09. The third-order valence-corrected chi connectivity index (χ3v) is 7.54. The molecule has 0 unspecified atom stereocenters. The molecule has 1 saturated heterocycles. The fourth-order valence-electron chi connectivity index (χ4n) is 3.08. The minimum Gasteiger partial charge on any atom is -0.334 e. The Labute approximate surface area is 182 Å². The highest BCUT2D eigenvalue weighted by atomic mass is 35.5. The van der Waals surface area contributed by atoms with E-state index < -0.39 is 0 Å². The van der Waals surface area contributed by atoms with Gasteiger partial charge in [0.15, 0.2) is 5.17 Å². The van der Waals surface area contributed by atoms with E-state index in [1.165, 1.54) is 11.8 Å². The van der Waals surface area contributed by atoms with Crippen molar-refractivity contribution in [2.75, 3.05) is 18.0 Å². The lowest BCUT2D eigenvalue weighted by atomic mass is 10.3. The summed E-state index contributed by atoms with van der Waals surface area (Å²) in [4.78, 5) is 23.6. The Hall–Kier alpha value is -1.60. The van der Waals surface area contributed by atoms with Gasteiger partial charge in [0.1, 0.15) is 9.93 Å². The predicted octanol–water partition coefficient (Wildman–Crippen LogP) is 6.38. The molecule has 2 aromatic carbocycles. The van der Waals surface area contributed by atoms with Gasteiger partial charge >= 0.3 is 0 Å². The number of rotatable bonds is 3. The van der Waals surface area contributed by atoms with Gasteiger partial charge in [-0.05, 0) is 55.9 Å². The lowest BCUT2D eigenvalue weighted by Crippen LogP contribution is -2.29. The Morgan fingerprint density at radius 2 is 1.71 bits per heavy atom. The van der Waals surface area contributed by atoms with Gasteiger partial charge in [0.2, 0.25) is 0 Å². The zero-order chi connectivity index (χ0) is 19.8. The van der Waals surface area contributed by atoms with E-state index in [1.807, 2.05) is 19.1 Å². The topological polar surface area (TPSA) is 35.9 Å². The summed E-state index contributed by atoms with van der Waals surface area (Å²) in [5.41, 5.74) is 1.81. The first-order valence-electron chi connectivity index (χ1n) is 8.85. The number of carbonyl (C=O) groups excluding carboxylic acids is 1.